The van der Waals surface area contributed by atoms with Gasteiger partial charge in [-0.15, -0.1) is 0 Å². The molecule has 2 aliphatic rings. The number of oxime groups is 1. The first kappa shape index (κ1) is 25.9. The lowest BCUT2D eigenvalue weighted by atomic mass is 9.82. The smallest absolute Gasteiger partial charge is 0.196 e. The van der Waals surface area contributed by atoms with Gasteiger partial charge in [0.2, 0.25) is 0 Å². The standard InChI is InChI=1S/C25H31Br3N4O2/c1-3-34-29-23(18-4-6-20(26)7-5-18)19-8-12-31(13-9-19)25(2)10-14-30(15-11-25)24-21(27)16-32(33)17-22(24)28/h4-7,16-17,19H,3,8-15H2,1-2H3/b29-23+. The lowest BCUT2D eigenvalue weighted by Gasteiger charge is -2.49. The Hall–Kier alpha value is -1.16. The first-order valence-electron chi connectivity index (χ1n) is 11.8. The van der Waals surface area contributed by atoms with Gasteiger partial charge in [-0.2, -0.15) is 4.73 Å². The van der Waals surface area contributed by atoms with Crippen LogP contribution in [0.25, 0.3) is 0 Å². The number of pyridine rings is 1. The van der Waals surface area contributed by atoms with Gasteiger partial charge in [-0.25, -0.2) is 0 Å². The van der Waals surface area contributed by atoms with Crippen molar-refractivity contribution in [2.45, 2.75) is 45.1 Å². The predicted octanol–water partition coefficient (Wildman–Crippen LogP) is 6.12. The van der Waals surface area contributed by atoms with Crippen LogP contribution in [0.4, 0.5) is 5.69 Å². The third-order valence-electron chi connectivity index (χ3n) is 7.17. The highest BCUT2D eigenvalue weighted by atomic mass is 79.9. The van der Waals surface area contributed by atoms with Gasteiger partial charge in [0.25, 0.3) is 0 Å². The van der Waals surface area contributed by atoms with Crippen molar-refractivity contribution < 1.29 is 9.57 Å². The monoisotopic (exact) mass is 656 g/mol. The Balaban J connectivity index is 1.39. The minimum absolute atomic E-state index is 0.183. The Labute approximate surface area is 227 Å². The van der Waals surface area contributed by atoms with E-state index in [2.05, 4.69) is 93.9 Å². The molecule has 2 aliphatic heterocycles. The Morgan fingerprint density at radius 2 is 1.65 bits per heavy atom. The molecule has 1 aromatic heterocycles. The summed E-state index contributed by atoms with van der Waals surface area (Å²) in [5.74, 6) is 0.405. The third-order valence-corrected chi connectivity index (χ3v) is 8.86. The zero-order chi connectivity index (χ0) is 24.3. The van der Waals surface area contributed by atoms with Crippen LogP contribution < -0.4 is 9.63 Å². The van der Waals surface area contributed by atoms with Crippen LogP contribution in [0.5, 0.6) is 0 Å². The van der Waals surface area contributed by atoms with Gasteiger partial charge < -0.3 is 14.9 Å². The number of hydrogen-bond donors (Lipinski definition) is 0. The molecule has 0 saturated carbocycles. The van der Waals surface area contributed by atoms with E-state index >= 15 is 0 Å². The van der Waals surface area contributed by atoms with Gasteiger partial charge in [0.15, 0.2) is 12.4 Å². The molecule has 34 heavy (non-hydrogen) atoms. The summed E-state index contributed by atoms with van der Waals surface area (Å²) in [5, 5.41) is 16.2. The van der Waals surface area contributed by atoms with E-state index in [0.717, 1.165) is 87.0 Å². The number of nitrogens with zero attached hydrogens (tertiary/aromatic N) is 4. The van der Waals surface area contributed by atoms with Gasteiger partial charge in [-0.3, -0.25) is 4.90 Å². The van der Waals surface area contributed by atoms with Crippen LogP contribution in [0.3, 0.4) is 0 Å². The van der Waals surface area contributed by atoms with E-state index in [1.165, 1.54) is 0 Å². The average Bonchev–Trinajstić information content (AvgIpc) is 2.81. The van der Waals surface area contributed by atoms with Crippen LogP contribution in [0.2, 0.25) is 0 Å². The SMILES string of the molecule is CCO/N=C(\c1ccc(Br)cc1)C1CCN(C2(C)CCN(c3c(Br)c[n+]([O-])cc3Br)CC2)CC1. The molecule has 6 nitrogen and oxygen atoms in total. The molecule has 0 amide bonds. The molecule has 2 aromatic rings. The first-order chi connectivity index (χ1) is 16.3. The molecule has 3 heterocycles. The molecular formula is C25H31Br3N4O2. The highest BCUT2D eigenvalue weighted by Crippen LogP contribution is 2.39. The largest absolute Gasteiger partial charge is 0.619 e. The van der Waals surface area contributed by atoms with E-state index in [4.69, 9.17) is 4.84 Å². The summed E-state index contributed by atoms with van der Waals surface area (Å²) in [7, 11) is 0. The summed E-state index contributed by atoms with van der Waals surface area (Å²) in [6.45, 7) is 9.03. The lowest BCUT2D eigenvalue weighted by molar-refractivity contribution is -0.606. The van der Waals surface area contributed by atoms with Gasteiger partial charge in [0.1, 0.15) is 15.6 Å². The van der Waals surface area contributed by atoms with Crippen LogP contribution in [0.1, 0.15) is 45.1 Å². The maximum absolute atomic E-state index is 11.7. The van der Waals surface area contributed by atoms with E-state index in [9.17, 15) is 5.21 Å². The van der Waals surface area contributed by atoms with Crippen molar-refractivity contribution in [1.29, 1.82) is 0 Å². The summed E-state index contributed by atoms with van der Waals surface area (Å²) in [4.78, 5) is 10.6. The summed E-state index contributed by atoms with van der Waals surface area (Å²) in [6, 6.07) is 8.39. The second-order valence-corrected chi connectivity index (χ2v) is 11.9. The molecule has 0 aliphatic carbocycles. The fourth-order valence-corrected chi connectivity index (χ4v) is 7.00. The summed E-state index contributed by atoms with van der Waals surface area (Å²) in [6.07, 6.45) is 7.50. The van der Waals surface area contributed by atoms with Gasteiger partial charge in [0.05, 0.1) is 11.4 Å². The third kappa shape index (κ3) is 5.79. The highest BCUT2D eigenvalue weighted by molar-refractivity contribution is 9.11. The van der Waals surface area contributed by atoms with Crippen molar-refractivity contribution >= 4 is 59.2 Å². The fourth-order valence-electron chi connectivity index (χ4n) is 5.14. The number of halogens is 3. The van der Waals surface area contributed by atoms with Gasteiger partial charge >= 0.3 is 0 Å². The second-order valence-electron chi connectivity index (χ2n) is 9.31. The van der Waals surface area contributed by atoms with E-state index < -0.39 is 0 Å². The van der Waals surface area contributed by atoms with Crippen LogP contribution in [-0.2, 0) is 4.84 Å². The predicted molar refractivity (Wildman–Crippen MR) is 147 cm³/mol. The number of hydrogen-bond acceptors (Lipinski definition) is 5. The molecular weight excluding hydrogens is 628 g/mol. The summed E-state index contributed by atoms with van der Waals surface area (Å²) < 4.78 is 3.56. The van der Waals surface area contributed by atoms with Gasteiger partial charge in [-0.1, -0.05) is 33.2 Å². The Morgan fingerprint density at radius 3 is 2.21 bits per heavy atom. The van der Waals surface area contributed by atoms with Crippen LogP contribution in [0, 0.1) is 11.1 Å². The van der Waals surface area contributed by atoms with Crippen molar-refractivity contribution in [3.8, 4) is 0 Å². The first-order valence-corrected chi connectivity index (χ1v) is 14.2. The maximum atomic E-state index is 11.7. The Bertz CT molecular complexity index is 992. The summed E-state index contributed by atoms with van der Waals surface area (Å²) in [5.41, 5.74) is 3.47. The fraction of sp³-hybridized carbons (Fsp3) is 0.520. The van der Waals surface area contributed by atoms with E-state index in [0.29, 0.717) is 12.5 Å². The number of anilines is 1. The number of likely N-dealkylation sites (tertiary alicyclic amines) is 1. The van der Waals surface area contributed by atoms with Crippen LogP contribution in [-0.4, -0.2) is 48.9 Å². The van der Waals surface area contributed by atoms with E-state index in [1.807, 2.05) is 6.92 Å². The minimum atomic E-state index is 0.183. The molecule has 0 N–H and O–H groups in total. The zero-order valence-electron chi connectivity index (χ0n) is 19.6. The van der Waals surface area contributed by atoms with Crippen molar-refractivity contribution in [2.75, 3.05) is 37.7 Å². The van der Waals surface area contributed by atoms with E-state index in [-0.39, 0.29) is 5.54 Å². The van der Waals surface area contributed by atoms with Crippen molar-refractivity contribution in [3.05, 3.63) is 60.8 Å². The molecule has 1 aromatic carbocycles. The maximum Gasteiger partial charge on any atom is 0.196 e. The minimum Gasteiger partial charge on any atom is -0.619 e. The van der Waals surface area contributed by atoms with Gasteiger partial charge in [-0.05, 0) is 102 Å². The normalized spacial score (nSPS) is 19.9. The molecule has 0 spiro atoms. The molecule has 0 unspecified atom stereocenters. The lowest BCUT2D eigenvalue weighted by Crippen LogP contribution is -2.56. The van der Waals surface area contributed by atoms with Crippen molar-refractivity contribution in [3.63, 3.8) is 0 Å². The zero-order valence-corrected chi connectivity index (χ0v) is 24.4. The van der Waals surface area contributed by atoms with Crippen LogP contribution in [0.15, 0.2) is 55.2 Å². The van der Waals surface area contributed by atoms with Gasteiger partial charge in [0, 0.05) is 29.0 Å². The average molecular weight is 659 g/mol. The van der Waals surface area contributed by atoms with Crippen LogP contribution >= 0.6 is 47.8 Å². The molecule has 4 rings (SSSR count). The topological polar surface area (TPSA) is 55.0 Å². The molecule has 2 saturated heterocycles. The number of benzene rings is 1. The second kappa shape index (κ2) is 11.3. The molecule has 0 bridgehead atoms. The Kier molecular flexibility index (Phi) is 8.59. The molecule has 184 valence electrons. The summed E-state index contributed by atoms with van der Waals surface area (Å²) >= 11 is 10.7. The van der Waals surface area contributed by atoms with Crippen molar-refractivity contribution in [1.82, 2.24) is 4.90 Å². The quantitative estimate of drug-likeness (QED) is 0.163. The molecule has 2 fully saturated rings. The molecule has 0 radical (unpaired) electrons. The molecule has 0 atom stereocenters. The van der Waals surface area contributed by atoms with E-state index in [1.54, 1.807) is 12.4 Å². The molecule has 9 heteroatoms. The highest BCUT2D eigenvalue weighted by Gasteiger charge is 2.39. The van der Waals surface area contributed by atoms with Crippen molar-refractivity contribution in [2.24, 2.45) is 11.1 Å². The number of piperidine rings is 2. The number of rotatable bonds is 6. The number of aromatic nitrogens is 1. The Morgan fingerprint density at radius 1 is 1.06 bits per heavy atom.